The van der Waals surface area contributed by atoms with Crippen LogP contribution in [0.4, 0.5) is 8.78 Å². The van der Waals surface area contributed by atoms with E-state index in [-0.39, 0.29) is 5.92 Å². The Hall–Kier alpha value is -0.610. The lowest BCUT2D eigenvalue weighted by molar-refractivity contribution is 0.120. The van der Waals surface area contributed by atoms with Crippen molar-refractivity contribution in [1.82, 2.24) is 0 Å². The van der Waals surface area contributed by atoms with Gasteiger partial charge >= 0.3 is 0 Å². The molecule has 1 aromatic rings. The Morgan fingerprint density at radius 3 is 2.56 bits per heavy atom. The Labute approximate surface area is 97.9 Å². The van der Waals surface area contributed by atoms with Crippen molar-refractivity contribution >= 4 is 11.8 Å². The van der Waals surface area contributed by atoms with Gasteiger partial charge in [0.25, 0.3) is 0 Å². The van der Waals surface area contributed by atoms with Crippen LogP contribution in [-0.2, 0) is 6.42 Å². The van der Waals surface area contributed by atoms with Crippen LogP contribution in [0.15, 0.2) is 18.2 Å². The van der Waals surface area contributed by atoms with Gasteiger partial charge in [0, 0.05) is 6.07 Å². The molecule has 0 radical (unpaired) electrons. The number of rotatable bonds is 3. The average Bonchev–Trinajstić information content (AvgIpc) is 2.68. The number of aliphatic hydroxyl groups is 1. The zero-order valence-electron chi connectivity index (χ0n) is 8.83. The monoisotopic (exact) mass is 244 g/mol. The van der Waals surface area contributed by atoms with Gasteiger partial charge in [0.1, 0.15) is 11.6 Å². The number of halogens is 2. The zero-order valence-corrected chi connectivity index (χ0v) is 9.64. The first-order chi connectivity index (χ1) is 7.65. The molecule has 1 aliphatic heterocycles. The van der Waals surface area contributed by atoms with Crippen molar-refractivity contribution in [3.63, 3.8) is 0 Å². The van der Waals surface area contributed by atoms with Crippen molar-refractivity contribution in [1.29, 1.82) is 0 Å². The summed E-state index contributed by atoms with van der Waals surface area (Å²) in [4.78, 5) is 0. The van der Waals surface area contributed by atoms with Gasteiger partial charge in [0.15, 0.2) is 0 Å². The van der Waals surface area contributed by atoms with E-state index in [1.807, 2.05) is 11.8 Å². The maximum Gasteiger partial charge on any atom is 0.126 e. The number of hydrogen-bond donors (Lipinski definition) is 1. The highest BCUT2D eigenvalue weighted by molar-refractivity contribution is 7.99. The van der Waals surface area contributed by atoms with Crippen LogP contribution in [0.1, 0.15) is 12.0 Å². The maximum absolute atomic E-state index is 12.9. The Morgan fingerprint density at radius 1 is 1.31 bits per heavy atom. The molecule has 0 bridgehead atoms. The summed E-state index contributed by atoms with van der Waals surface area (Å²) in [6.45, 7) is 0. The van der Waals surface area contributed by atoms with Crippen LogP contribution in [0.3, 0.4) is 0 Å². The van der Waals surface area contributed by atoms with Gasteiger partial charge in [-0.15, -0.1) is 0 Å². The summed E-state index contributed by atoms with van der Waals surface area (Å²) in [5.41, 5.74) is 0.530. The van der Waals surface area contributed by atoms with Crippen LogP contribution in [-0.4, -0.2) is 22.7 Å². The van der Waals surface area contributed by atoms with Gasteiger partial charge < -0.3 is 5.11 Å². The number of thioether (sulfide) groups is 1. The highest BCUT2D eigenvalue weighted by atomic mass is 32.2. The highest BCUT2D eigenvalue weighted by Crippen LogP contribution is 2.27. The van der Waals surface area contributed by atoms with E-state index in [9.17, 15) is 13.9 Å². The van der Waals surface area contributed by atoms with Gasteiger partial charge in [-0.3, -0.25) is 0 Å². The second-order valence-corrected chi connectivity index (χ2v) is 5.32. The normalized spacial score (nSPS) is 22.3. The fraction of sp³-hybridized carbons (Fsp3) is 0.500. The Bertz CT molecular complexity index is 344. The highest BCUT2D eigenvalue weighted by Gasteiger charge is 2.23. The Morgan fingerprint density at radius 2 is 2.00 bits per heavy atom. The molecule has 0 aromatic heterocycles. The van der Waals surface area contributed by atoms with Gasteiger partial charge in [-0.05, 0) is 48.0 Å². The quantitative estimate of drug-likeness (QED) is 0.882. The van der Waals surface area contributed by atoms with E-state index in [2.05, 4.69) is 0 Å². The minimum absolute atomic E-state index is 0.260. The number of hydrogen-bond acceptors (Lipinski definition) is 2. The summed E-state index contributed by atoms with van der Waals surface area (Å²) < 4.78 is 25.9. The molecule has 1 aliphatic rings. The third-order valence-electron chi connectivity index (χ3n) is 2.88. The largest absolute Gasteiger partial charge is 0.392 e. The van der Waals surface area contributed by atoms with Crippen LogP contribution in [0.2, 0.25) is 0 Å². The lowest BCUT2D eigenvalue weighted by Crippen LogP contribution is -2.22. The van der Waals surface area contributed by atoms with Crippen LogP contribution >= 0.6 is 11.8 Å². The van der Waals surface area contributed by atoms with Crippen molar-refractivity contribution in [3.8, 4) is 0 Å². The van der Waals surface area contributed by atoms with Gasteiger partial charge in [0.2, 0.25) is 0 Å². The van der Waals surface area contributed by atoms with Crippen molar-refractivity contribution in [3.05, 3.63) is 35.4 Å². The third-order valence-corrected chi connectivity index (χ3v) is 4.06. The molecule has 2 atom stereocenters. The lowest BCUT2D eigenvalue weighted by atomic mass is 9.95. The molecule has 16 heavy (non-hydrogen) atoms. The Balaban J connectivity index is 2.02. The van der Waals surface area contributed by atoms with E-state index in [0.717, 1.165) is 24.0 Å². The van der Waals surface area contributed by atoms with Gasteiger partial charge in [-0.2, -0.15) is 11.8 Å². The van der Waals surface area contributed by atoms with E-state index in [1.165, 1.54) is 12.1 Å². The van der Waals surface area contributed by atoms with Crippen LogP contribution in [0, 0.1) is 17.6 Å². The molecule has 1 nitrogen and oxygen atoms in total. The van der Waals surface area contributed by atoms with Crippen molar-refractivity contribution in [2.24, 2.45) is 5.92 Å². The smallest absolute Gasteiger partial charge is 0.126 e. The first-order valence-corrected chi connectivity index (χ1v) is 6.51. The molecular weight excluding hydrogens is 230 g/mol. The fourth-order valence-corrected chi connectivity index (χ4v) is 3.32. The average molecular weight is 244 g/mol. The number of benzene rings is 1. The molecule has 0 amide bonds. The summed E-state index contributed by atoms with van der Waals surface area (Å²) in [6, 6.07) is 3.42. The first kappa shape index (κ1) is 11.9. The SMILES string of the molecule is OC(Cc1cc(F)cc(F)c1)C1CCSC1. The van der Waals surface area contributed by atoms with E-state index < -0.39 is 17.7 Å². The van der Waals surface area contributed by atoms with E-state index in [4.69, 9.17) is 0 Å². The summed E-state index contributed by atoms with van der Waals surface area (Å²) in [7, 11) is 0. The standard InChI is InChI=1S/C12H14F2OS/c13-10-3-8(4-11(14)6-10)5-12(15)9-1-2-16-7-9/h3-4,6,9,12,15H,1-2,5,7H2. The molecule has 4 heteroatoms. The molecule has 88 valence electrons. The summed E-state index contributed by atoms with van der Waals surface area (Å²) >= 11 is 1.82. The van der Waals surface area contributed by atoms with Crippen molar-refractivity contribution < 1.29 is 13.9 Å². The lowest BCUT2D eigenvalue weighted by Gasteiger charge is -2.16. The second-order valence-electron chi connectivity index (χ2n) is 4.17. The molecule has 1 N–H and O–H groups in total. The van der Waals surface area contributed by atoms with Gasteiger partial charge in [0.05, 0.1) is 6.10 Å². The predicted octanol–water partition coefficient (Wildman–Crippen LogP) is 2.62. The van der Waals surface area contributed by atoms with E-state index >= 15 is 0 Å². The molecular formula is C12H14F2OS. The summed E-state index contributed by atoms with van der Waals surface area (Å²) in [6.07, 6.45) is 0.833. The minimum atomic E-state index is -0.581. The molecule has 0 spiro atoms. The first-order valence-electron chi connectivity index (χ1n) is 5.36. The molecule has 0 saturated carbocycles. The Kier molecular flexibility index (Phi) is 3.82. The van der Waals surface area contributed by atoms with Crippen LogP contribution in [0.25, 0.3) is 0 Å². The molecule has 1 heterocycles. The predicted molar refractivity (Wildman–Crippen MR) is 61.5 cm³/mol. The van der Waals surface area contributed by atoms with Crippen molar-refractivity contribution in [2.45, 2.75) is 18.9 Å². The molecule has 1 saturated heterocycles. The summed E-state index contributed by atoms with van der Waals surface area (Å²) in [5.74, 6) is 1.11. The molecule has 1 fully saturated rings. The number of aliphatic hydroxyl groups excluding tert-OH is 1. The zero-order chi connectivity index (χ0) is 11.5. The van der Waals surface area contributed by atoms with Crippen molar-refractivity contribution in [2.75, 3.05) is 11.5 Å². The fourth-order valence-electron chi connectivity index (χ4n) is 1.99. The molecule has 2 unspecified atom stereocenters. The van der Waals surface area contributed by atoms with Crippen LogP contribution < -0.4 is 0 Å². The van der Waals surface area contributed by atoms with E-state index in [0.29, 0.717) is 12.0 Å². The second kappa shape index (κ2) is 5.15. The molecule has 2 rings (SSSR count). The summed E-state index contributed by atoms with van der Waals surface area (Å²) in [5, 5.41) is 9.93. The molecule has 0 aliphatic carbocycles. The van der Waals surface area contributed by atoms with E-state index in [1.54, 1.807) is 0 Å². The van der Waals surface area contributed by atoms with Gasteiger partial charge in [-0.25, -0.2) is 8.78 Å². The molecule has 1 aromatic carbocycles. The van der Waals surface area contributed by atoms with Crippen LogP contribution in [0.5, 0.6) is 0 Å². The maximum atomic E-state index is 12.9. The van der Waals surface area contributed by atoms with Gasteiger partial charge in [-0.1, -0.05) is 0 Å². The third kappa shape index (κ3) is 2.95. The minimum Gasteiger partial charge on any atom is -0.392 e. The topological polar surface area (TPSA) is 20.2 Å².